The largest absolute Gasteiger partial charge is 0.497 e. The van der Waals surface area contributed by atoms with Gasteiger partial charge in [-0.1, -0.05) is 19.3 Å². The van der Waals surface area contributed by atoms with Gasteiger partial charge < -0.3 is 20.9 Å². The van der Waals surface area contributed by atoms with Crippen LogP contribution in [0.3, 0.4) is 0 Å². The Morgan fingerprint density at radius 2 is 2.06 bits per heavy atom. The molecule has 4 nitrogen and oxygen atoms in total. The Morgan fingerprint density at radius 3 is 2.78 bits per heavy atom. The lowest BCUT2D eigenvalue weighted by molar-refractivity contribution is 0.144. The van der Waals surface area contributed by atoms with Crippen molar-refractivity contribution in [2.45, 2.75) is 44.2 Å². The Labute approximate surface area is 108 Å². The lowest BCUT2D eigenvalue weighted by atomic mass is 10.1. The third-order valence-corrected chi connectivity index (χ3v) is 3.58. The standard InChI is InChI=1S/C14H22N2O2/c1-18-10-7-8-12(11(15)9-10)16-13-5-3-2-4-6-14(13)17/h7-9,13-14,16-17H,2-6,15H2,1H3. The van der Waals surface area contributed by atoms with Crippen LogP contribution >= 0.6 is 0 Å². The second kappa shape index (κ2) is 5.96. The van der Waals surface area contributed by atoms with Gasteiger partial charge in [-0.3, -0.25) is 0 Å². The molecule has 0 bridgehead atoms. The minimum atomic E-state index is -0.283. The van der Waals surface area contributed by atoms with Gasteiger partial charge in [0.05, 0.1) is 30.6 Å². The zero-order valence-corrected chi connectivity index (χ0v) is 10.9. The summed E-state index contributed by atoms with van der Waals surface area (Å²) >= 11 is 0. The van der Waals surface area contributed by atoms with E-state index in [2.05, 4.69) is 5.32 Å². The van der Waals surface area contributed by atoms with Crippen LogP contribution in [-0.2, 0) is 0 Å². The number of nitrogens with two attached hydrogens (primary N) is 1. The maximum Gasteiger partial charge on any atom is 0.121 e. The molecular formula is C14H22N2O2. The molecule has 1 aromatic carbocycles. The lowest BCUT2D eigenvalue weighted by Gasteiger charge is -2.23. The van der Waals surface area contributed by atoms with Crippen LogP contribution in [0.15, 0.2) is 18.2 Å². The van der Waals surface area contributed by atoms with Crippen molar-refractivity contribution in [1.82, 2.24) is 0 Å². The molecule has 2 atom stereocenters. The number of anilines is 2. The van der Waals surface area contributed by atoms with E-state index in [4.69, 9.17) is 10.5 Å². The molecule has 1 aromatic rings. The Morgan fingerprint density at radius 1 is 1.28 bits per heavy atom. The maximum atomic E-state index is 10.1. The molecular weight excluding hydrogens is 228 g/mol. The number of nitrogen functional groups attached to an aromatic ring is 1. The number of aliphatic hydroxyl groups is 1. The quantitative estimate of drug-likeness (QED) is 0.569. The minimum absolute atomic E-state index is 0.100. The molecule has 1 fully saturated rings. The first-order valence-corrected chi connectivity index (χ1v) is 6.59. The van der Waals surface area contributed by atoms with Crippen molar-refractivity contribution >= 4 is 11.4 Å². The zero-order chi connectivity index (χ0) is 13.0. The first-order valence-electron chi connectivity index (χ1n) is 6.59. The van der Waals surface area contributed by atoms with E-state index >= 15 is 0 Å². The topological polar surface area (TPSA) is 67.5 Å². The smallest absolute Gasteiger partial charge is 0.121 e. The van der Waals surface area contributed by atoms with Gasteiger partial charge in [0, 0.05) is 6.07 Å². The number of rotatable bonds is 3. The van der Waals surface area contributed by atoms with Crippen molar-refractivity contribution in [3.05, 3.63) is 18.2 Å². The van der Waals surface area contributed by atoms with Crippen LogP contribution in [0.25, 0.3) is 0 Å². The van der Waals surface area contributed by atoms with Crippen molar-refractivity contribution in [2.75, 3.05) is 18.2 Å². The van der Waals surface area contributed by atoms with Gasteiger partial charge in [0.25, 0.3) is 0 Å². The number of hydrogen-bond donors (Lipinski definition) is 3. The molecule has 2 rings (SSSR count). The van der Waals surface area contributed by atoms with Gasteiger partial charge in [-0.15, -0.1) is 0 Å². The lowest BCUT2D eigenvalue weighted by Crippen LogP contribution is -2.32. The molecule has 1 aliphatic rings. The highest BCUT2D eigenvalue weighted by molar-refractivity contribution is 5.68. The van der Waals surface area contributed by atoms with Crippen molar-refractivity contribution in [1.29, 1.82) is 0 Å². The second-order valence-electron chi connectivity index (χ2n) is 4.91. The van der Waals surface area contributed by atoms with E-state index < -0.39 is 0 Å². The summed E-state index contributed by atoms with van der Waals surface area (Å²) in [5.74, 6) is 0.750. The molecule has 18 heavy (non-hydrogen) atoms. The average molecular weight is 250 g/mol. The molecule has 1 aliphatic carbocycles. The van der Waals surface area contributed by atoms with E-state index in [1.54, 1.807) is 13.2 Å². The number of ether oxygens (including phenoxy) is 1. The monoisotopic (exact) mass is 250 g/mol. The summed E-state index contributed by atoms with van der Waals surface area (Å²) in [6, 6.07) is 5.68. The Kier molecular flexibility index (Phi) is 4.31. The molecule has 2 unspecified atom stereocenters. The fraction of sp³-hybridized carbons (Fsp3) is 0.571. The number of nitrogens with one attached hydrogen (secondary N) is 1. The third-order valence-electron chi connectivity index (χ3n) is 3.58. The Balaban J connectivity index is 2.07. The van der Waals surface area contributed by atoms with Gasteiger partial charge >= 0.3 is 0 Å². The second-order valence-corrected chi connectivity index (χ2v) is 4.91. The first-order chi connectivity index (χ1) is 8.70. The molecule has 0 spiro atoms. The van der Waals surface area contributed by atoms with Crippen LogP contribution < -0.4 is 15.8 Å². The van der Waals surface area contributed by atoms with Gasteiger partial charge in [-0.25, -0.2) is 0 Å². The molecule has 0 aromatic heterocycles. The van der Waals surface area contributed by atoms with Gasteiger partial charge in [0.1, 0.15) is 5.75 Å². The maximum absolute atomic E-state index is 10.1. The van der Waals surface area contributed by atoms with E-state index in [1.807, 2.05) is 12.1 Å². The molecule has 1 saturated carbocycles. The van der Waals surface area contributed by atoms with Crippen LogP contribution in [0.4, 0.5) is 11.4 Å². The Hall–Kier alpha value is -1.42. The fourth-order valence-corrected chi connectivity index (χ4v) is 2.46. The van der Waals surface area contributed by atoms with Crippen LogP contribution in [0.2, 0.25) is 0 Å². The molecule has 100 valence electrons. The van der Waals surface area contributed by atoms with Gasteiger partial charge in [0.15, 0.2) is 0 Å². The summed E-state index contributed by atoms with van der Waals surface area (Å²) in [7, 11) is 1.62. The summed E-state index contributed by atoms with van der Waals surface area (Å²) in [6.45, 7) is 0. The zero-order valence-electron chi connectivity index (χ0n) is 10.9. The predicted octanol–water partition coefficient (Wildman–Crippen LogP) is 2.38. The fourth-order valence-electron chi connectivity index (χ4n) is 2.46. The SMILES string of the molecule is COc1ccc(NC2CCCCCC2O)c(N)c1. The molecule has 0 radical (unpaired) electrons. The van der Waals surface area contributed by atoms with Gasteiger partial charge in [-0.2, -0.15) is 0 Å². The number of benzene rings is 1. The summed E-state index contributed by atoms with van der Waals surface area (Å²) in [5.41, 5.74) is 7.51. The van der Waals surface area contributed by atoms with Crippen LogP contribution in [0, 0.1) is 0 Å². The van der Waals surface area contributed by atoms with E-state index in [0.717, 1.165) is 37.1 Å². The van der Waals surface area contributed by atoms with E-state index in [-0.39, 0.29) is 12.1 Å². The minimum Gasteiger partial charge on any atom is -0.497 e. The van der Waals surface area contributed by atoms with Crippen molar-refractivity contribution in [2.24, 2.45) is 0 Å². The summed E-state index contributed by atoms with van der Waals surface area (Å²) in [6.07, 6.45) is 5.05. The predicted molar refractivity (Wildman–Crippen MR) is 73.9 cm³/mol. The van der Waals surface area contributed by atoms with Crippen molar-refractivity contribution in [3.8, 4) is 5.75 Å². The van der Waals surface area contributed by atoms with Gasteiger partial charge in [-0.05, 0) is 25.0 Å². The highest BCUT2D eigenvalue weighted by Gasteiger charge is 2.21. The van der Waals surface area contributed by atoms with Gasteiger partial charge in [0.2, 0.25) is 0 Å². The van der Waals surface area contributed by atoms with E-state index in [9.17, 15) is 5.11 Å². The molecule has 4 heteroatoms. The van der Waals surface area contributed by atoms with Crippen LogP contribution in [-0.4, -0.2) is 24.4 Å². The number of aliphatic hydroxyl groups excluding tert-OH is 1. The molecule has 0 amide bonds. The summed E-state index contributed by atoms with van der Waals surface area (Å²) in [5, 5.41) is 13.4. The number of hydrogen-bond acceptors (Lipinski definition) is 4. The highest BCUT2D eigenvalue weighted by Crippen LogP contribution is 2.27. The van der Waals surface area contributed by atoms with E-state index in [0.29, 0.717) is 5.69 Å². The molecule has 0 heterocycles. The summed E-state index contributed by atoms with van der Waals surface area (Å²) < 4.78 is 5.12. The third kappa shape index (κ3) is 3.07. The summed E-state index contributed by atoms with van der Waals surface area (Å²) in [4.78, 5) is 0. The first kappa shape index (κ1) is 13.0. The molecule has 0 aliphatic heterocycles. The van der Waals surface area contributed by atoms with Crippen molar-refractivity contribution in [3.63, 3.8) is 0 Å². The molecule has 4 N–H and O–H groups in total. The Bertz CT molecular complexity index is 395. The van der Waals surface area contributed by atoms with Crippen molar-refractivity contribution < 1.29 is 9.84 Å². The van der Waals surface area contributed by atoms with E-state index in [1.165, 1.54) is 6.42 Å². The highest BCUT2D eigenvalue weighted by atomic mass is 16.5. The van der Waals surface area contributed by atoms with Crippen LogP contribution in [0.5, 0.6) is 5.75 Å². The number of methoxy groups -OCH3 is 1. The average Bonchev–Trinajstić information content (AvgIpc) is 2.57. The molecule has 0 saturated heterocycles. The van der Waals surface area contributed by atoms with Crippen LogP contribution in [0.1, 0.15) is 32.1 Å². The normalized spacial score (nSPS) is 24.3.